The number of hydrogen-bond acceptors (Lipinski definition) is 3. The van der Waals surface area contributed by atoms with E-state index < -0.39 is 0 Å². The first-order valence-electron chi connectivity index (χ1n) is 4.28. The summed E-state index contributed by atoms with van der Waals surface area (Å²) in [5, 5.41) is 7.63. The summed E-state index contributed by atoms with van der Waals surface area (Å²) in [6, 6.07) is 9.57. The van der Waals surface area contributed by atoms with Crippen molar-refractivity contribution in [2.45, 2.75) is 5.25 Å². The van der Waals surface area contributed by atoms with Crippen LogP contribution in [0.3, 0.4) is 0 Å². The number of amides is 1. The van der Waals surface area contributed by atoms with Crippen molar-refractivity contribution < 1.29 is 4.79 Å². The largest absolute Gasteiger partial charge is 0.294 e. The molecular weight excluding hydrogens is 232 g/mol. The standard InChI is InChI=1S/C10H10N2OS.ClH/c1-12-9(13)8(14-10(12)11)7-5-3-2-4-6-7;/h2-6,8,11H,1H3;1H. The molecule has 1 saturated heterocycles. The van der Waals surface area contributed by atoms with Gasteiger partial charge in [0.25, 0.3) is 0 Å². The lowest BCUT2D eigenvalue weighted by Gasteiger charge is -2.07. The smallest absolute Gasteiger partial charge is 0.246 e. The molecule has 1 aromatic carbocycles. The summed E-state index contributed by atoms with van der Waals surface area (Å²) in [7, 11) is 1.64. The molecule has 0 radical (unpaired) electrons. The number of amidine groups is 1. The number of benzene rings is 1. The molecule has 1 N–H and O–H groups in total. The van der Waals surface area contributed by atoms with Crippen LogP contribution in [0.4, 0.5) is 0 Å². The van der Waals surface area contributed by atoms with Crippen LogP contribution in [0.5, 0.6) is 0 Å². The van der Waals surface area contributed by atoms with Gasteiger partial charge in [-0.1, -0.05) is 42.1 Å². The molecule has 5 heteroatoms. The molecule has 1 amide bonds. The third-order valence-electron chi connectivity index (χ3n) is 2.19. The Labute approximate surface area is 98.8 Å². The normalized spacial score (nSPS) is 20.3. The second-order valence-corrected chi connectivity index (χ2v) is 4.20. The van der Waals surface area contributed by atoms with Crippen molar-refractivity contribution in [3.05, 3.63) is 35.9 Å². The predicted octanol–water partition coefficient (Wildman–Crippen LogP) is 2.29. The van der Waals surface area contributed by atoms with Gasteiger partial charge in [-0.25, -0.2) is 0 Å². The minimum atomic E-state index is -0.228. The topological polar surface area (TPSA) is 44.2 Å². The first-order chi connectivity index (χ1) is 6.70. The van der Waals surface area contributed by atoms with Crippen molar-refractivity contribution in [2.75, 3.05) is 7.05 Å². The van der Waals surface area contributed by atoms with E-state index in [1.54, 1.807) is 7.05 Å². The van der Waals surface area contributed by atoms with E-state index in [2.05, 4.69) is 0 Å². The summed E-state index contributed by atoms with van der Waals surface area (Å²) in [5.74, 6) is -0.00815. The van der Waals surface area contributed by atoms with Crippen molar-refractivity contribution in [3.8, 4) is 0 Å². The minimum absolute atomic E-state index is 0. The van der Waals surface area contributed by atoms with Gasteiger partial charge in [-0.15, -0.1) is 12.4 Å². The fourth-order valence-corrected chi connectivity index (χ4v) is 2.38. The summed E-state index contributed by atoms with van der Waals surface area (Å²) in [6.07, 6.45) is 0. The quantitative estimate of drug-likeness (QED) is 0.821. The van der Waals surface area contributed by atoms with Crippen molar-refractivity contribution in [1.29, 1.82) is 5.41 Å². The van der Waals surface area contributed by atoms with Crippen molar-refractivity contribution in [3.63, 3.8) is 0 Å². The van der Waals surface area contributed by atoms with Crippen LogP contribution in [0.15, 0.2) is 30.3 Å². The maximum absolute atomic E-state index is 11.7. The number of rotatable bonds is 1. The summed E-state index contributed by atoms with van der Waals surface area (Å²) in [4.78, 5) is 13.1. The van der Waals surface area contributed by atoms with Gasteiger partial charge in [0, 0.05) is 7.05 Å². The SMILES string of the molecule is CN1C(=N)SC(c2ccccc2)C1=O.Cl. The van der Waals surface area contributed by atoms with E-state index in [9.17, 15) is 4.79 Å². The monoisotopic (exact) mass is 242 g/mol. The Morgan fingerprint density at radius 1 is 1.33 bits per heavy atom. The van der Waals surface area contributed by atoms with Gasteiger partial charge in [-0.05, 0) is 5.56 Å². The molecule has 1 aromatic rings. The Morgan fingerprint density at radius 3 is 2.40 bits per heavy atom. The Hall–Kier alpha value is -1.00. The number of likely N-dealkylation sites (N-methyl/N-ethyl adjacent to an activating group) is 1. The number of nitrogens with one attached hydrogen (secondary N) is 1. The average molecular weight is 243 g/mol. The number of hydrogen-bond donors (Lipinski definition) is 1. The number of carbonyl (C=O) groups is 1. The Morgan fingerprint density at radius 2 is 1.93 bits per heavy atom. The van der Waals surface area contributed by atoms with Gasteiger partial charge in [0.05, 0.1) is 0 Å². The van der Waals surface area contributed by atoms with Gasteiger partial charge in [0.15, 0.2) is 5.17 Å². The third-order valence-corrected chi connectivity index (χ3v) is 3.40. The summed E-state index contributed by atoms with van der Waals surface area (Å²) in [5.41, 5.74) is 0.969. The molecule has 15 heavy (non-hydrogen) atoms. The van der Waals surface area contributed by atoms with Gasteiger partial charge >= 0.3 is 0 Å². The zero-order valence-electron chi connectivity index (χ0n) is 8.14. The molecule has 1 fully saturated rings. The Balaban J connectivity index is 0.00000112. The van der Waals surface area contributed by atoms with E-state index in [-0.39, 0.29) is 23.6 Å². The van der Waals surface area contributed by atoms with E-state index in [1.807, 2.05) is 30.3 Å². The molecule has 80 valence electrons. The number of carbonyl (C=O) groups excluding carboxylic acids is 1. The van der Waals surface area contributed by atoms with E-state index >= 15 is 0 Å². The highest BCUT2D eigenvalue weighted by Crippen LogP contribution is 2.37. The van der Waals surface area contributed by atoms with Crippen molar-refractivity contribution in [2.24, 2.45) is 0 Å². The molecule has 3 nitrogen and oxygen atoms in total. The second-order valence-electron chi connectivity index (χ2n) is 3.11. The molecule has 1 atom stereocenters. The maximum Gasteiger partial charge on any atom is 0.246 e. The lowest BCUT2D eigenvalue weighted by Crippen LogP contribution is -2.24. The van der Waals surface area contributed by atoms with E-state index in [0.29, 0.717) is 5.17 Å². The van der Waals surface area contributed by atoms with E-state index in [0.717, 1.165) is 5.56 Å². The van der Waals surface area contributed by atoms with Gasteiger partial charge in [-0.3, -0.25) is 15.1 Å². The molecule has 0 aliphatic carbocycles. The first kappa shape index (κ1) is 12.1. The van der Waals surface area contributed by atoms with Crippen LogP contribution in [-0.4, -0.2) is 23.0 Å². The van der Waals surface area contributed by atoms with Gasteiger partial charge in [-0.2, -0.15) is 0 Å². The van der Waals surface area contributed by atoms with E-state index in [1.165, 1.54) is 16.7 Å². The molecule has 0 aromatic heterocycles. The summed E-state index contributed by atoms with van der Waals surface area (Å²) < 4.78 is 0. The molecule has 0 bridgehead atoms. The first-order valence-corrected chi connectivity index (χ1v) is 5.16. The highest BCUT2D eigenvalue weighted by molar-refractivity contribution is 8.15. The van der Waals surface area contributed by atoms with Crippen LogP contribution in [0.25, 0.3) is 0 Å². The molecule has 1 heterocycles. The number of nitrogens with zero attached hydrogens (tertiary/aromatic N) is 1. The molecule has 1 aliphatic rings. The Bertz CT molecular complexity index is 382. The average Bonchev–Trinajstić information content (AvgIpc) is 2.47. The van der Waals surface area contributed by atoms with Crippen molar-refractivity contribution >= 4 is 35.2 Å². The fraction of sp³-hybridized carbons (Fsp3) is 0.200. The second kappa shape index (κ2) is 4.68. The Kier molecular flexibility index (Phi) is 3.77. The van der Waals surface area contributed by atoms with Gasteiger partial charge < -0.3 is 0 Å². The van der Waals surface area contributed by atoms with Crippen LogP contribution in [0.2, 0.25) is 0 Å². The van der Waals surface area contributed by atoms with Crippen LogP contribution in [0, 0.1) is 5.41 Å². The van der Waals surface area contributed by atoms with Crippen LogP contribution in [-0.2, 0) is 4.79 Å². The zero-order chi connectivity index (χ0) is 10.1. The minimum Gasteiger partial charge on any atom is -0.294 e. The fourth-order valence-electron chi connectivity index (χ4n) is 1.36. The van der Waals surface area contributed by atoms with Crippen LogP contribution in [0.1, 0.15) is 10.8 Å². The van der Waals surface area contributed by atoms with Crippen LogP contribution < -0.4 is 0 Å². The summed E-state index contributed by atoms with van der Waals surface area (Å²) >= 11 is 1.29. The third kappa shape index (κ3) is 2.16. The van der Waals surface area contributed by atoms with Crippen LogP contribution >= 0.6 is 24.2 Å². The maximum atomic E-state index is 11.7. The van der Waals surface area contributed by atoms with E-state index in [4.69, 9.17) is 5.41 Å². The molecule has 0 spiro atoms. The number of thioether (sulfide) groups is 1. The predicted molar refractivity (Wildman–Crippen MR) is 64.5 cm³/mol. The lowest BCUT2D eigenvalue weighted by atomic mass is 10.1. The highest BCUT2D eigenvalue weighted by atomic mass is 35.5. The van der Waals surface area contributed by atoms with Gasteiger partial charge in [0.1, 0.15) is 5.25 Å². The van der Waals surface area contributed by atoms with Crippen molar-refractivity contribution in [1.82, 2.24) is 4.90 Å². The molecular formula is C10H11ClN2OS. The molecule has 1 aliphatic heterocycles. The van der Waals surface area contributed by atoms with Gasteiger partial charge in [0.2, 0.25) is 5.91 Å². The molecule has 0 saturated carbocycles. The summed E-state index contributed by atoms with van der Waals surface area (Å²) in [6.45, 7) is 0. The number of halogens is 1. The molecule has 1 unspecified atom stereocenters. The lowest BCUT2D eigenvalue weighted by molar-refractivity contribution is -0.125. The highest BCUT2D eigenvalue weighted by Gasteiger charge is 2.35. The zero-order valence-corrected chi connectivity index (χ0v) is 9.77. The molecule has 2 rings (SSSR count).